The van der Waals surface area contributed by atoms with Crippen molar-refractivity contribution in [3.8, 4) is 5.75 Å². The Morgan fingerprint density at radius 2 is 1.16 bits per heavy atom. The SMILES string of the molecule is O=C(O)C=CC(=O)O.O=C(O)C=CC(=O)O.O=C(O)c1ccc2c(c1)C(=CCN1CCN(CC=Cc3ccccc3)CC1)c1ccccc1CO2. The minimum Gasteiger partial charge on any atom is -0.488 e. The molecule has 3 aromatic carbocycles. The van der Waals surface area contributed by atoms with Gasteiger partial charge in [-0.05, 0) is 40.5 Å². The fourth-order valence-corrected chi connectivity index (χ4v) is 4.99. The van der Waals surface area contributed by atoms with Crippen molar-refractivity contribution in [1.82, 2.24) is 9.80 Å². The third-order valence-electron chi connectivity index (χ3n) is 7.44. The Kier molecular flexibility index (Phi) is 15.5. The highest BCUT2D eigenvalue weighted by Crippen LogP contribution is 2.37. The van der Waals surface area contributed by atoms with E-state index in [4.69, 9.17) is 25.2 Å². The molecule has 0 unspecified atom stereocenters. The molecule has 13 heteroatoms. The van der Waals surface area contributed by atoms with Gasteiger partial charge in [0.2, 0.25) is 0 Å². The number of carboxylic acid groups (broad SMARTS) is 5. The van der Waals surface area contributed by atoms with E-state index in [9.17, 15) is 29.1 Å². The van der Waals surface area contributed by atoms with Crippen LogP contribution in [0, 0.1) is 0 Å². The number of hydrogen-bond donors (Lipinski definition) is 5. The van der Waals surface area contributed by atoms with E-state index in [0.717, 1.165) is 67.3 Å². The monoisotopic (exact) mass is 698 g/mol. The smallest absolute Gasteiger partial charge is 0.335 e. The van der Waals surface area contributed by atoms with Gasteiger partial charge in [-0.25, -0.2) is 24.0 Å². The van der Waals surface area contributed by atoms with E-state index in [1.54, 1.807) is 18.2 Å². The van der Waals surface area contributed by atoms with Gasteiger partial charge in [0.15, 0.2) is 0 Å². The van der Waals surface area contributed by atoms with Gasteiger partial charge in [-0.15, -0.1) is 0 Å². The molecule has 1 fully saturated rings. The Bertz CT molecular complexity index is 1740. The second-order valence-corrected chi connectivity index (χ2v) is 11.0. The summed E-state index contributed by atoms with van der Waals surface area (Å²) in [6.45, 7) is 6.31. The lowest BCUT2D eigenvalue weighted by Crippen LogP contribution is -2.46. The number of rotatable bonds is 10. The van der Waals surface area contributed by atoms with Crippen LogP contribution in [0.5, 0.6) is 5.75 Å². The minimum absolute atomic E-state index is 0.273. The molecule has 3 aromatic rings. The molecule has 0 bridgehead atoms. The number of hydrogen-bond acceptors (Lipinski definition) is 8. The normalized spacial score (nSPS) is 15.0. The molecule has 5 rings (SSSR count). The molecule has 5 N–H and O–H groups in total. The topological polar surface area (TPSA) is 202 Å². The van der Waals surface area contributed by atoms with Crippen molar-refractivity contribution in [2.45, 2.75) is 6.61 Å². The summed E-state index contributed by atoms with van der Waals surface area (Å²) in [6, 6.07) is 23.8. The lowest BCUT2D eigenvalue weighted by molar-refractivity contribution is -0.134. The number of piperazine rings is 1. The zero-order chi connectivity index (χ0) is 37.2. The van der Waals surface area contributed by atoms with E-state index >= 15 is 0 Å². The summed E-state index contributed by atoms with van der Waals surface area (Å²) in [5.74, 6) is -5.23. The largest absolute Gasteiger partial charge is 0.488 e. The molecule has 0 spiro atoms. The van der Waals surface area contributed by atoms with Crippen LogP contribution in [-0.4, -0.2) is 104 Å². The van der Waals surface area contributed by atoms with Crippen LogP contribution in [-0.2, 0) is 25.8 Å². The highest BCUT2D eigenvalue weighted by atomic mass is 16.5. The average molecular weight is 699 g/mol. The molecule has 0 amide bonds. The standard InChI is InChI=1S/C30H30N2O3.2C4H4O4/c33-30(34)24-12-13-29-28(21-24)27(26-11-5-4-10-25(26)22-35-29)14-16-32-19-17-31(18-20-32)15-6-9-23-7-2-1-3-8-23;2*5-3(6)1-2-4(7)8/h1-14,21H,15-20,22H2,(H,33,34);2*1-2H,(H,5,6)(H,7,8). The van der Waals surface area contributed by atoms with E-state index in [-0.39, 0.29) is 5.56 Å². The first-order valence-electron chi connectivity index (χ1n) is 15.7. The molecule has 2 heterocycles. The Morgan fingerprint density at radius 3 is 1.71 bits per heavy atom. The average Bonchev–Trinajstić information content (AvgIpc) is 3.27. The van der Waals surface area contributed by atoms with Gasteiger partial charge < -0.3 is 30.3 Å². The van der Waals surface area contributed by atoms with Gasteiger partial charge in [-0.3, -0.25) is 9.80 Å². The van der Waals surface area contributed by atoms with Crippen LogP contribution >= 0.6 is 0 Å². The maximum atomic E-state index is 11.6. The lowest BCUT2D eigenvalue weighted by atomic mass is 9.93. The number of aromatic carboxylic acids is 1. The molecule has 51 heavy (non-hydrogen) atoms. The van der Waals surface area contributed by atoms with Crippen LogP contribution in [0.1, 0.15) is 32.6 Å². The molecule has 0 atom stereocenters. The summed E-state index contributed by atoms with van der Waals surface area (Å²) in [7, 11) is 0. The number of carboxylic acids is 5. The number of ether oxygens (including phenoxy) is 1. The Labute approximate surface area is 293 Å². The fourth-order valence-electron chi connectivity index (χ4n) is 4.99. The molecule has 2 aliphatic rings. The summed E-state index contributed by atoms with van der Waals surface area (Å²) in [5, 5.41) is 40.8. The molecule has 0 radical (unpaired) electrons. The highest BCUT2D eigenvalue weighted by molar-refractivity contribution is 5.93. The third kappa shape index (κ3) is 14.0. The minimum atomic E-state index is -1.26. The number of fused-ring (bicyclic) bond motifs is 2. The van der Waals surface area contributed by atoms with Crippen LogP contribution in [0.3, 0.4) is 0 Å². The van der Waals surface area contributed by atoms with Crippen LogP contribution in [0.25, 0.3) is 11.6 Å². The van der Waals surface area contributed by atoms with Crippen LogP contribution in [0.2, 0.25) is 0 Å². The number of carbonyl (C=O) groups is 5. The molecule has 0 aromatic heterocycles. The maximum absolute atomic E-state index is 11.6. The van der Waals surface area contributed by atoms with Crippen molar-refractivity contribution in [2.75, 3.05) is 39.3 Å². The quantitative estimate of drug-likeness (QED) is 0.186. The first-order chi connectivity index (χ1) is 24.4. The number of benzene rings is 3. The van der Waals surface area contributed by atoms with Gasteiger partial charge >= 0.3 is 29.8 Å². The molecule has 266 valence electrons. The summed E-state index contributed by atoms with van der Waals surface area (Å²) in [5.41, 5.74) is 5.62. The zero-order valence-electron chi connectivity index (χ0n) is 27.5. The van der Waals surface area contributed by atoms with Gasteiger partial charge in [-0.2, -0.15) is 0 Å². The molecule has 1 saturated heterocycles. The molecule has 2 aliphatic heterocycles. The van der Waals surface area contributed by atoms with Crippen molar-refractivity contribution in [1.29, 1.82) is 0 Å². The summed E-state index contributed by atoms with van der Waals surface area (Å²) in [4.78, 5) is 54.8. The fraction of sp³-hybridized carbons (Fsp3) is 0.184. The Hall–Kier alpha value is -6.31. The van der Waals surface area contributed by atoms with Crippen LogP contribution < -0.4 is 4.74 Å². The van der Waals surface area contributed by atoms with Crippen molar-refractivity contribution >= 4 is 41.5 Å². The summed E-state index contributed by atoms with van der Waals surface area (Å²) in [6.07, 6.45) is 8.90. The van der Waals surface area contributed by atoms with E-state index in [1.807, 2.05) is 18.2 Å². The molecule has 0 saturated carbocycles. The van der Waals surface area contributed by atoms with Gasteiger partial charge in [0, 0.05) is 69.1 Å². The van der Waals surface area contributed by atoms with Gasteiger partial charge in [-0.1, -0.05) is 72.8 Å². The Morgan fingerprint density at radius 1 is 0.627 bits per heavy atom. The molecular weight excluding hydrogens is 660 g/mol. The molecular formula is C38H38N2O11. The summed E-state index contributed by atoms with van der Waals surface area (Å²) >= 11 is 0. The molecule has 0 aliphatic carbocycles. The number of aliphatic carboxylic acids is 4. The van der Waals surface area contributed by atoms with Crippen molar-refractivity contribution in [2.24, 2.45) is 0 Å². The lowest BCUT2D eigenvalue weighted by Gasteiger charge is -2.33. The van der Waals surface area contributed by atoms with Crippen LogP contribution in [0.4, 0.5) is 0 Å². The summed E-state index contributed by atoms with van der Waals surface area (Å²) < 4.78 is 6.05. The van der Waals surface area contributed by atoms with E-state index in [1.165, 1.54) is 5.56 Å². The van der Waals surface area contributed by atoms with E-state index in [0.29, 0.717) is 30.9 Å². The van der Waals surface area contributed by atoms with Crippen molar-refractivity contribution in [3.05, 3.63) is 137 Å². The third-order valence-corrected chi connectivity index (χ3v) is 7.44. The first-order valence-corrected chi connectivity index (χ1v) is 15.7. The molecule has 13 nitrogen and oxygen atoms in total. The highest BCUT2D eigenvalue weighted by Gasteiger charge is 2.22. The second-order valence-electron chi connectivity index (χ2n) is 11.0. The first kappa shape index (κ1) is 39.1. The Balaban J connectivity index is 0.000000366. The van der Waals surface area contributed by atoms with E-state index < -0.39 is 29.8 Å². The predicted molar refractivity (Wildman–Crippen MR) is 188 cm³/mol. The van der Waals surface area contributed by atoms with Gasteiger partial charge in [0.1, 0.15) is 12.4 Å². The number of nitrogens with zero attached hydrogens (tertiary/aromatic N) is 2. The predicted octanol–water partition coefficient (Wildman–Crippen LogP) is 4.46. The van der Waals surface area contributed by atoms with Crippen molar-refractivity contribution < 1.29 is 54.2 Å². The van der Waals surface area contributed by atoms with Crippen LogP contribution in [0.15, 0.2) is 109 Å². The zero-order valence-corrected chi connectivity index (χ0v) is 27.5. The van der Waals surface area contributed by atoms with Gasteiger partial charge in [0.05, 0.1) is 5.56 Å². The van der Waals surface area contributed by atoms with E-state index in [2.05, 4.69) is 64.4 Å². The second kappa shape index (κ2) is 20.3. The maximum Gasteiger partial charge on any atom is 0.335 e. The van der Waals surface area contributed by atoms with Crippen molar-refractivity contribution in [3.63, 3.8) is 0 Å². The van der Waals surface area contributed by atoms with Gasteiger partial charge in [0.25, 0.3) is 0 Å².